The minimum Gasteiger partial charge on any atom is -0.353 e. The summed E-state index contributed by atoms with van der Waals surface area (Å²) in [5, 5.41) is 4.66. The summed E-state index contributed by atoms with van der Waals surface area (Å²) < 4.78 is 0. The summed E-state index contributed by atoms with van der Waals surface area (Å²) in [4.78, 5) is 20.3. The molecule has 1 N–H and O–H groups in total. The Kier molecular flexibility index (Phi) is 4.28. The number of rotatable bonds is 3. The van der Waals surface area contributed by atoms with E-state index in [0.29, 0.717) is 12.0 Å². The third-order valence-electron chi connectivity index (χ3n) is 4.73. The van der Waals surface area contributed by atoms with E-state index in [1.807, 2.05) is 30.6 Å². The Morgan fingerprint density at radius 2 is 1.88 bits per heavy atom. The van der Waals surface area contributed by atoms with Gasteiger partial charge in [0.1, 0.15) is 5.82 Å². The molecule has 6 nitrogen and oxygen atoms in total. The van der Waals surface area contributed by atoms with E-state index in [9.17, 15) is 0 Å². The monoisotopic (exact) mass is 334 g/mol. The predicted octanol–water partition coefficient (Wildman–Crippen LogP) is 2.52. The van der Waals surface area contributed by atoms with Crippen LogP contribution in [-0.4, -0.2) is 45.6 Å². The first-order valence-electron chi connectivity index (χ1n) is 8.73. The molecule has 0 amide bonds. The minimum atomic E-state index is 0.463. The number of hydrogen-bond acceptors (Lipinski definition) is 6. The van der Waals surface area contributed by atoms with Crippen LogP contribution in [0.4, 0.5) is 5.82 Å². The van der Waals surface area contributed by atoms with Crippen molar-refractivity contribution < 1.29 is 0 Å². The molecule has 3 aromatic rings. The van der Waals surface area contributed by atoms with E-state index in [1.165, 1.54) is 0 Å². The van der Waals surface area contributed by atoms with Crippen LogP contribution in [0, 0.1) is 5.92 Å². The molecule has 0 bridgehead atoms. The number of piperazine rings is 1. The fraction of sp³-hybridized carbons (Fsp3) is 0.368. The summed E-state index contributed by atoms with van der Waals surface area (Å²) in [6.07, 6.45) is 7.16. The zero-order valence-corrected chi connectivity index (χ0v) is 14.6. The van der Waals surface area contributed by atoms with Gasteiger partial charge in [-0.3, -0.25) is 9.97 Å². The number of hydrogen-bond donors (Lipinski definition) is 1. The highest BCUT2D eigenvalue weighted by Gasteiger charge is 2.24. The van der Waals surface area contributed by atoms with Gasteiger partial charge in [-0.2, -0.15) is 0 Å². The molecule has 25 heavy (non-hydrogen) atoms. The fourth-order valence-electron chi connectivity index (χ4n) is 3.25. The summed E-state index contributed by atoms with van der Waals surface area (Å²) >= 11 is 0. The highest BCUT2D eigenvalue weighted by Crippen LogP contribution is 2.28. The molecule has 0 aromatic carbocycles. The van der Waals surface area contributed by atoms with Crippen molar-refractivity contribution in [3.05, 3.63) is 43.0 Å². The van der Waals surface area contributed by atoms with Crippen molar-refractivity contribution in [3.63, 3.8) is 0 Å². The van der Waals surface area contributed by atoms with Crippen molar-refractivity contribution in [1.29, 1.82) is 0 Å². The molecule has 0 spiro atoms. The fourth-order valence-corrected chi connectivity index (χ4v) is 3.25. The first-order chi connectivity index (χ1) is 12.2. The van der Waals surface area contributed by atoms with Crippen LogP contribution in [0.15, 0.2) is 43.0 Å². The van der Waals surface area contributed by atoms with Crippen molar-refractivity contribution in [2.75, 3.05) is 24.5 Å². The Bertz CT molecular complexity index is 864. The van der Waals surface area contributed by atoms with Gasteiger partial charge in [-0.1, -0.05) is 13.8 Å². The number of anilines is 1. The normalized spacial score (nSPS) is 18.0. The zero-order chi connectivity index (χ0) is 17.2. The number of fused-ring (bicyclic) bond motifs is 1. The average molecular weight is 334 g/mol. The lowest BCUT2D eigenvalue weighted by Gasteiger charge is -2.37. The Hall–Kier alpha value is -2.60. The molecule has 6 heteroatoms. The number of nitrogens with zero attached hydrogens (tertiary/aromatic N) is 5. The van der Waals surface area contributed by atoms with E-state index < -0.39 is 0 Å². The highest BCUT2D eigenvalue weighted by atomic mass is 15.3. The molecule has 0 saturated carbocycles. The van der Waals surface area contributed by atoms with Crippen LogP contribution < -0.4 is 10.2 Å². The predicted molar refractivity (Wildman–Crippen MR) is 99.4 cm³/mol. The largest absolute Gasteiger partial charge is 0.353 e. The van der Waals surface area contributed by atoms with Gasteiger partial charge in [0.05, 0.1) is 11.7 Å². The van der Waals surface area contributed by atoms with Crippen LogP contribution in [0.5, 0.6) is 0 Å². The molecule has 1 aliphatic heterocycles. The van der Waals surface area contributed by atoms with Gasteiger partial charge < -0.3 is 10.2 Å². The average Bonchev–Trinajstić information content (AvgIpc) is 2.68. The highest BCUT2D eigenvalue weighted by molar-refractivity contribution is 5.90. The number of pyridine rings is 2. The second-order valence-corrected chi connectivity index (χ2v) is 6.75. The topological polar surface area (TPSA) is 66.8 Å². The van der Waals surface area contributed by atoms with Gasteiger partial charge in [0, 0.05) is 55.2 Å². The first-order valence-corrected chi connectivity index (χ1v) is 8.73. The van der Waals surface area contributed by atoms with Crippen molar-refractivity contribution in [2.45, 2.75) is 19.9 Å². The maximum absolute atomic E-state index is 4.92. The van der Waals surface area contributed by atoms with E-state index in [0.717, 1.165) is 47.7 Å². The molecule has 3 aromatic heterocycles. The Morgan fingerprint density at radius 1 is 1.08 bits per heavy atom. The maximum Gasteiger partial charge on any atom is 0.162 e. The molecule has 1 fully saturated rings. The van der Waals surface area contributed by atoms with Crippen molar-refractivity contribution in [2.24, 2.45) is 5.92 Å². The van der Waals surface area contributed by atoms with Crippen molar-refractivity contribution in [3.8, 4) is 11.4 Å². The molecule has 4 rings (SSSR count). The van der Waals surface area contributed by atoms with Gasteiger partial charge in [-0.15, -0.1) is 0 Å². The Morgan fingerprint density at radius 3 is 2.68 bits per heavy atom. The van der Waals surface area contributed by atoms with Gasteiger partial charge in [-0.25, -0.2) is 9.97 Å². The molecular weight excluding hydrogens is 312 g/mol. The molecule has 0 aliphatic carbocycles. The quantitative estimate of drug-likeness (QED) is 0.794. The van der Waals surface area contributed by atoms with E-state index >= 15 is 0 Å². The summed E-state index contributed by atoms with van der Waals surface area (Å²) in [6, 6.07) is 6.35. The smallest absolute Gasteiger partial charge is 0.162 e. The summed E-state index contributed by atoms with van der Waals surface area (Å²) in [5.41, 5.74) is 1.84. The Balaban J connectivity index is 1.81. The lowest BCUT2D eigenvalue weighted by atomic mass is 10.0. The van der Waals surface area contributed by atoms with Crippen molar-refractivity contribution >= 4 is 16.7 Å². The summed E-state index contributed by atoms with van der Waals surface area (Å²) in [5.74, 6) is 2.29. The number of nitrogens with one attached hydrogen (secondary N) is 1. The molecule has 1 aliphatic rings. The minimum absolute atomic E-state index is 0.463. The molecule has 0 radical (unpaired) electrons. The lowest BCUT2D eigenvalue weighted by Crippen LogP contribution is -2.53. The van der Waals surface area contributed by atoms with E-state index in [-0.39, 0.29) is 0 Å². The van der Waals surface area contributed by atoms with Crippen LogP contribution in [0.2, 0.25) is 0 Å². The molecule has 1 saturated heterocycles. The second kappa shape index (κ2) is 6.72. The molecule has 128 valence electrons. The van der Waals surface area contributed by atoms with Crippen molar-refractivity contribution in [1.82, 2.24) is 25.3 Å². The molecule has 4 heterocycles. The van der Waals surface area contributed by atoms with Crippen LogP contribution in [0.25, 0.3) is 22.3 Å². The first kappa shape index (κ1) is 15.9. The zero-order valence-electron chi connectivity index (χ0n) is 14.6. The third-order valence-corrected chi connectivity index (χ3v) is 4.73. The summed E-state index contributed by atoms with van der Waals surface area (Å²) in [6.45, 7) is 7.36. The van der Waals surface area contributed by atoms with Crippen LogP contribution in [0.3, 0.4) is 0 Å². The third kappa shape index (κ3) is 3.17. The second-order valence-electron chi connectivity index (χ2n) is 6.75. The van der Waals surface area contributed by atoms with Gasteiger partial charge in [0.15, 0.2) is 5.82 Å². The van der Waals surface area contributed by atoms with Gasteiger partial charge in [-0.05, 0) is 24.1 Å². The molecular formula is C19H22N6. The Labute approximate surface area is 147 Å². The van der Waals surface area contributed by atoms with E-state index in [1.54, 1.807) is 12.4 Å². The van der Waals surface area contributed by atoms with Gasteiger partial charge >= 0.3 is 0 Å². The summed E-state index contributed by atoms with van der Waals surface area (Å²) in [7, 11) is 0. The van der Waals surface area contributed by atoms with Crippen LogP contribution >= 0.6 is 0 Å². The van der Waals surface area contributed by atoms with Gasteiger partial charge in [0.25, 0.3) is 0 Å². The van der Waals surface area contributed by atoms with E-state index in [2.05, 4.69) is 34.0 Å². The number of aromatic nitrogens is 4. The van der Waals surface area contributed by atoms with Gasteiger partial charge in [0.2, 0.25) is 0 Å². The standard InChI is InChI=1S/C19H22N6/c1-13(2)17-12-25(10-9-22-17)19-15-5-8-21-11-16(15)23-18(24-19)14-3-6-20-7-4-14/h3-8,11,13,17,22H,9-10,12H2,1-2H3/t17-/m1/s1. The van der Waals surface area contributed by atoms with Crippen LogP contribution in [0.1, 0.15) is 13.8 Å². The molecule has 0 unspecified atom stereocenters. The SMILES string of the molecule is CC(C)[C@H]1CN(c2nc(-c3ccncc3)nc3cnccc23)CCN1. The maximum atomic E-state index is 4.92. The molecule has 1 atom stereocenters. The lowest BCUT2D eigenvalue weighted by molar-refractivity contribution is 0.367. The van der Waals surface area contributed by atoms with E-state index in [4.69, 9.17) is 9.97 Å². The van der Waals surface area contributed by atoms with Crippen LogP contribution in [-0.2, 0) is 0 Å².